The number of benzene rings is 2. The van der Waals surface area contributed by atoms with Gasteiger partial charge in [-0.1, -0.05) is 30.3 Å². The van der Waals surface area contributed by atoms with Crippen LogP contribution in [-0.4, -0.2) is 29.5 Å². The minimum absolute atomic E-state index is 0.107. The largest absolute Gasteiger partial charge is 0.361 e. The Hall–Kier alpha value is -3.64. The van der Waals surface area contributed by atoms with Gasteiger partial charge < -0.3 is 10.3 Å². The first-order valence-corrected chi connectivity index (χ1v) is 9.95. The van der Waals surface area contributed by atoms with E-state index >= 15 is 0 Å². The third kappa shape index (κ3) is 3.02. The van der Waals surface area contributed by atoms with Crippen LogP contribution in [0.2, 0.25) is 0 Å². The maximum Gasteiger partial charge on any atom is 0.266 e. The first-order chi connectivity index (χ1) is 14.6. The molecular weight excluding hydrogens is 397 g/mol. The second kappa shape index (κ2) is 7.31. The number of nitrogens with one attached hydrogen (secondary N) is 2. The molecule has 0 fully saturated rings. The predicted octanol–water partition coefficient (Wildman–Crippen LogP) is 2.47. The van der Waals surface area contributed by atoms with Gasteiger partial charge in [-0.2, -0.15) is 0 Å². The molecule has 0 aliphatic heterocycles. The third-order valence-corrected chi connectivity index (χ3v) is 5.47. The summed E-state index contributed by atoms with van der Waals surface area (Å²) in [6.45, 7) is 2.27. The Morgan fingerprint density at radius 2 is 1.97 bits per heavy atom. The van der Waals surface area contributed by atoms with Gasteiger partial charge in [0.25, 0.3) is 5.56 Å². The molecule has 1 unspecified atom stereocenters. The number of imidazole rings is 1. The van der Waals surface area contributed by atoms with Gasteiger partial charge >= 0.3 is 0 Å². The molecule has 8 nitrogen and oxygen atoms in total. The van der Waals surface area contributed by atoms with E-state index in [9.17, 15) is 4.79 Å². The zero-order valence-electron chi connectivity index (χ0n) is 16.1. The monoisotopic (exact) mass is 415 g/mol. The SMILES string of the molecule is Cc1ccccc1-n1c(CNc2ncnc3[nH]cnc23)nc2cccc(P)c2c1=O. The molecule has 9 heteroatoms. The Morgan fingerprint density at radius 3 is 2.83 bits per heavy atom. The van der Waals surface area contributed by atoms with Crippen molar-refractivity contribution in [1.82, 2.24) is 29.5 Å². The highest BCUT2D eigenvalue weighted by molar-refractivity contribution is 7.28. The highest BCUT2D eigenvalue weighted by atomic mass is 31.0. The normalized spacial score (nSPS) is 11.3. The van der Waals surface area contributed by atoms with E-state index in [0.717, 1.165) is 16.6 Å². The van der Waals surface area contributed by atoms with Gasteiger partial charge in [0.15, 0.2) is 11.5 Å². The van der Waals surface area contributed by atoms with Crippen LogP contribution in [-0.2, 0) is 6.54 Å². The van der Waals surface area contributed by atoms with E-state index in [-0.39, 0.29) is 5.56 Å². The number of aryl methyl sites for hydroxylation is 1. The van der Waals surface area contributed by atoms with Crippen LogP contribution in [0, 0.1) is 6.92 Å². The van der Waals surface area contributed by atoms with Gasteiger partial charge in [-0.05, 0) is 29.9 Å². The van der Waals surface area contributed by atoms with Crippen LogP contribution in [0.3, 0.4) is 0 Å². The average Bonchev–Trinajstić information content (AvgIpc) is 3.22. The van der Waals surface area contributed by atoms with Crippen LogP contribution in [0.5, 0.6) is 0 Å². The molecule has 2 N–H and O–H groups in total. The molecule has 1 atom stereocenters. The van der Waals surface area contributed by atoms with Gasteiger partial charge in [-0.15, -0.1) is 9.24 Å². The van der Waals surface area contributed by atoms with Crippen molar-refractivity contribution in [3.8, 4) is 5.69 Å². The number of aromatic amines is 1. The summed E-state index contributed by atoms with van der Waals surface area (Å²) in [5, 5.41) is 4.67. The van der Waals surface area contributed by atoms with Crippen LogP contribution in [0.15, 0.2) is 59.9 Å². The molecule has 0 radical (unpaired) electrons. The second-order valence-corrected chi connectivity index (χ2v) is 7.49. The lowest BCUT2D eigenvalue weighted by molar-refractivity contribution is 0.833. The number of fused-ring (bicyclic) bond motifs is 2. The van der Waals surface area contributed by atoms with Crippen LogP contribution in [0.25, 0.3) is 27.8 Å². The third-order valence-electron chi connectivity index (χ3n) is 4.99. The lowest BCUT2D eigenvalue weighted by Crippen LogP contribution is -2.28. The molecular formula is C21H18N7OP. The van der Waals surface area contributed by atoms with Crippen molar-refractivity contribution >= 4 is 42.4 Å². The molecule has 30 heavy (non-hydrogen) atoms. The van der Waals surface area contributed by atoms with E-state index in [0.29, 0.717) is 40.3 Å². The molecule has 5 aromatic rings. The predicted molar refractivity (Wildman–Crippen MR) is 120 cm³/mol. The Kier molecular flexibility index (Phi) is 4.48. The van der Waals surface area contributed by atoms with Crippen molar-refractivity contribution < 1.29 is 0 Å². The summed E-state index contributed by atoms with van der Waals surface area (Å²) in [4.78, 5) is 34.0. The van der Waals surface area contributed by atoms with Gasteiger partial charge in [0.1, 0.15) is 17.7 Å². The Morgan fingerprint density at radius 1 is 1.10 bits per heavy atom. The van der Waals surface area contributed by atoms with Crippen LogP contribution in [0.1, 0.15) is 11.4 Å². The van der Waals surface area contributed by atoms with Crippen molar-refractivity contribution in [1.29, 1.82) is 0 Å². The van der Waals surface area contributed by atoms with E-state index in [4.69, 9.17) is 4.98 Å². The zero-order chi connectivity index (χ0) is 20.7. The van der Waals surface area contributed by atoms with Gasteiger partial charge in [-0.25, -0.2) is 19.9 Å². The minimum Gasteiger partial charge on any atom is -0.361 e. The molecule has 0 saturated carbocycles. The first-order valence-electron chi connectivity index (χ1n) is 9.37. The fraction of sp³-hybridized carbons (Fsp3) is 0.0952. The molecule has 0 aliphatic rings. The van der Waals surface area contributed by atoms with E-state index in [1.165, 1.54) is 6.33 Å². The van der Waals surface area contributed by atoms with Crippen LogP contribution < -0.4 is 16.2 Å². The number of hydrogen-bond acceptors (Lipinski definition) is 6. The highest BCUT2D eigenvalue weighted by Gasteiger charge is 2.16. The van der Waals surface area contributed by atoms with E-state index in [2.05, 4.69) is 34.5 Å². The summed E-state index contributed by atoms with van der Waals surface area (Å²) < 4.78 is 1.67. The van der Waals surface area contributed by atoms with E-state index in [1.807, 2.05) is 49.4 Å². The Balaban J connectivity index is 1.69. The summed E-state index contributed by atoms with van der Waals surface area (Å²) in [6.07, 6.45) is 3.04. The lowest BCUT2D eigenvalue weighted by Gasteiger charge is -2.17. The van der Waals surface area contributed by atoms with E-state index < -0.39 is 0 Å². The smallest absolute Gasteiger partial charge is 0.266 e. The molecule has 0 bridgehead atoms. The summed E-state index contributed by atoms with van der Waals surface area (Å²) in [5.41, 5.74) is 3.61. The number of H-pyrrole nitrogens is 1. The molecule has 3 heterocycles. The Labute approximate surface area is 173 Å². The topological polar surface area (TPSA) is 101 Å². The maximum absolute atomic E-state index is 13.5. The molecule has 2 aromatic carbocycles. The summed E-state index contributed by atoms with van der Waals surface area (Å²) in [6, 6.07) is 13.4. The molecule has 0 amide bonds. The van der Waals surface area contributed by atoms with Crippen molar-refractivity contribution in [3.63, 3.8) is 0 Å². The Bertz CT molecular complexity index is 1460. The number of nitrogens with zero attached hydrogens (tertiary/aromatic N) is 5. The molecule has 0 spiro atoms. The minimum atomic E-state index is -0.107. The van der Waals surface area contributed by atoms with Crippen molar-refractivity contribution in [3.05, 3.63) is 76.9 Å². The van der Waals surface area contributed by atoms with E-state index in [1.54, 1.807) is 10.9 Å². The molecule has 0 aliphatic carbocycles. The van der Waals surface area contributed by atoms with Crippen molar-refractivity contribution in [2.45, 2.75) is 13.5 Å². The zero-order valence-corrected chi connectivity index (χ0v) is 17.3. The summed E-state index contributed by atoms with van der Waals surface area (Å²) in [7, 11) is 2.63. The number of hydrogen-bond donors (Lipinski definition) is 2. The van der Waals surface area contributed by atoms with Gasteiger partial charge in [0, 0.05) is 0 Å². The standard InChI is InChI=1S/C21H18N7OP/c1-12-5-2-3-7-14(12)28-16(27-13-6-4-8-15(30)17(13)21(28)29)9-22-19-18-20(24-10-23-18)26-11-25-19/h2-8,10-11H,9,30H2,1H3,(H2,22,23,24,25,26). The average molecular weight is 415 g/mol. The van der Waals surface area contributed by atoms with Crippen molar-refractivity contribution in [2.75, 3.05) is 5.32 Å². The quantitative estimate of drug-likeness (QED) is 0.438. The highest BCUT2D eigenvalue weighted by Crippen LogP contribution is 2.19. The number of rotatable bonds is 4. The van der Waals surface area contributed by atoms with Gasteiger partial charge in [-0.3, -0.25) is 9.36 Å². The first kappa shape index (κ1) is 18.4. The van der Waals surface area contributed by atoms with Crippen LogP contribution in [0.4, 0.5) is 5.82 Å². The van der Waals surface area contributed by atoms with Gasteiger partial charge in [0.2, 0.25) is 0 Å². The maximum atomic E-state index is 13.5. The number of anilines is 1. The van der Waals surface area contributed by atoms with Gasteiger partial charge in [0.05, 0.1) is 29.5 Å². The number of para-hydroxylation sites is 1. The summed E-state index contributed by atoms with van der Waals surface area (Å²) >= 11 is 0. The summed E-state index contributed by atoms with van der Waals surface area (Å²) in [5.74, 6) is 1.16. The van der Waals surface area contributed by atoms with Crippen molar-refractivity contribution in [2.24, 2.45) is 0 Å². The molecule has 148 valence electrons. The molecule has 0 saturated heterocycles. The second-order valence-electron chi connectivity index (χ2n) is 6.87. The fourth-order valence-corrected chi connectivity index (χ4v) is 3.92. The number of aromatic nitrogens is 6. The molecule has 3 aromatic heterocycles. The molecule has 5 rings (SSSR count). The lowest BCUT2D eigenvalue weighted by atomic mass is 10.1. The van der Waals surface area contributed by atoms with Crippen LogP contribution >= 0.6 is 9.24 Å². The fourth-order valence-electron chi connectivity index (χ4n) is 3.54.